The second-order valence-electron chi connectivity index (χ2n) is 4.72. The van der Waals surface area contributed by atoms with Crippen molar-refractivity contribution in [1.29, 1.82) is 0 Å². The molecular formula is C14H11BrN4O2. The Bertz CT molecular complexity index is 787. The number of halogens is 1. The van der Waals surface area contributed by atoms with Crippen LogP contribution in [0.4, 0.5) is 0 Å². The highest BCUT2D eigenvalue weighted by Crippen LogP contribution is 2.27. The lowest BCUT2D eigenvalue weighted by Crippen LogP contribution is -2.23. The van der Waals surface area contributed by atoms with E-state index < -0.39 is 0 Å². The first-order chi connectivity index (χ1) is 10.3. The van der Waals surface area contributed by atoms with Gasteiger partial charge in [-0.05, 0) is 28.1 Å². The molecule has 0 spiro atoms. The SMILES string of the molecule is Brc1cnc(OC[C@@H]2Cn3c(nc4ccccc43)O2)cn1. The van der Waals surface area contributed by atoms with Crippen LogP contribution in [-0.2, 0) is 6.54 Å². The summed E-state index contributed by atoms with van der Waals surface area (Å²) in [6.45, 7) is 1.13. The smallest absolute Gasteiger partial charge is 0.297 e. The quantitative estimate of drug-likeness (QED) is 0.728. The summed E-state index contributed by atoms with van der Waals surface area (Å²) in [5.74, 6) is 0.483. The van der Waals surface area contributed by atoms with Crippen molar-refractivity contribution in [1.82, 2.24) is 19.5 Å². The summed E-state index contributed by atoms with van der Waals surface area (Å²) in [5.41, 5.74) is 2.03. The van der Waals surface area contributed by atoms with Gasteiger partial charge < -0.3 is 9.47 Å². The van der Waals surface area contributed by atoms with Crippen molar-refractivity contribution < 1.29 is 9.47 Å². The number of hydrogen-bond acceptors (Lipinski definition) is 5. The lowest BCUT2D eigenvalue weighted by Gasteiger charge is -2.10. The summed E-state index contributed by atoms with van der Waals surface area (Å²) in [7, 11) is 0. The molecule has 0 radical (unpaired) electrons. The first-order valence-electron chi connectivity index (χ1n) is 6.52. The van der Waals surface area contributed by atoms with Gasteiger partial charge in [0, 0.05) is 0 Å². The molecule has 2 aromatic heterocycles. The van der Waals surface area contributed by atoms with Crippen LogP contribution in [0.25, 0.3) is 11.0 Å². The van der Waals surface area contributed by atoms with Gasteiger partial charge in [0.1, 0.15) is 11.2 Å². The van der Waals surface area contributed by atoms with Crippen molar-refractivity contribution in [2.24, 2.45) is 0 Å². The molecule has 0 aliphatic carbocycles. The number of hydrogen-bond donors (Lipinski definition) is 0. The van der Waals surface area contributed by atoms with E-state index in [0.29, 0.717) is 23.1 Å². The van der Waals surface area contributed by atoms with Gasteiger partial charge in [-0.25, -0.2) is 9.97 Å². The van der Waals surface area contributed by atoms with Crippen LogP contribution in [0.2, 0.25) is 0 Å². The van der Waals surface area contributed by atoms with E-state index in [-0.39, 0.29) is 6.10 Å². The monoisotopic (exact) mass is 346 g/mol. The van der Waals surface area contributed by atoms with Crippen LogP contribution in [-0.4, -0.2) is 32.2 Å². The van der Waals surface area contributed by atoms with E-state index >= 15 is 0 Å². The summed E-state index contributed by atoms with van der Waals surface area (Å²) in [6, 6.07) is 8.63. The summed E-state index contributed by atoms with van der Waals surface area (Å²) < 4.78 is 14.1. The van der Waals surface area contributed by atoms with Gasteiger partial charge in [0.2, 0.25) is 5.88 Å². The van der Waals surface area contributed by atoms with E-state index in [1.165, 1.54) is 0 Å². The Morgan fingerprint density at radius 3 is 3.05 bits per heavy atom. The molecule has 1 aliphatic heterocycles. The minimum absolute atomic E-state index is 0.0671. The number of benzene rings is 1. The fourth-order valence-electron chi connectivity index (χ4n) is 2.35. The summed E-state index contributed by atoms with van der Waals surface area (Å²) in [4.78, 5) is 12.6. The summed E-state index contributed by atoms with van der Waals surface area (Å²) in [6.07, 6.45) is 3.11. The van der Waals surface area contributed by atoms with Crippen molar-refractivity contribution in [2.75, 3.05) is 6.61 Å². The number of nitrogens with zero attached hydrogens (tertiary/aromatic N) is 4. The highest BCUT2D eigenvalue weighted by Gasteiger charge is 2.26. The van der Waals surface area contributed by atoms with Gasteiger partial charge in [-0.1, -0.05) is 12.1 Å². The molecule has 3 aromatic rings. The van der Waals surface area contributed by atoms with Crippen LogP contribution < -0.4 is 9.47 Å². The zero-order chi connectivity index (χ0) is 14.2. The molecule has 7 heteroatoms. The maximum atomic E-state index is 5.81. The molecule has 0 unspecified atom stereocenters. The molecule has 1 aromatic carbocycles. The highest BCUT2D eigenvalue weighted by atomic mass is 79.9. The van der Waals surface area contributed by atoms with Crippen molar-refractivity contribution in [3.8, 4) is 11.9 Å². The second kappa shape index (κ2) is 5.00. The van der Waals surface area contributed by atoms with Gasteiger partial charge in [0.05, 0.1) is 30.0 Å². The van der Waals surface area contributed by atoms with Crippen molar-refractivity contribution in [2.45, 2.75) is 12.6 Å². The third-order valence-corrected chi connectivity index (χ3v) is 3.70. The number of para-hydroxylation sites is 2. The highest BCUT2D eigenvalue weighted by molar-refractivity contribution is 9.10. The Balaban J connectivity index is 1.46. The number of ether oxygens (including phenoxy) is 2. The Hall–Kier alpha value is -2.15. The molecule has 4 rings (SSSR count). The number of rotatable bonds is 3. The molecule has 0 saturated carbocycles. The number of aromatic nitrogens is 4. The largest absolute Gasteiger partial charge is 0.473 e. The van der Waals surface area contributed by atoms with E-state index in [2.05, 4.69) is 35.4 Å². The lowest BCUT2D eigenvalue weighted by molar-refractivity contribution is 0.140. The summed E-state index contributed by atoms with van der Waals surface area (Å²) in [5, 5.41) is 0. The first-order valence-corrected chi connectivity index (χ1v) is 7.31. The lowest BCUT2D eigenvalue weighted by atomic mass is 10.3. The predicted octanol–water partition coefficient (Wildman–Crippen LogP) is 2.43. The Labute approximate surface area is 128 Å². The molecule has 0 fully saturated rings. The van der Waals surface area contributed by atoms with E-state index in [4.69, 9.17) is 9.47 Å². The van der Waals surface area contributed by atoms with Crippen LogP contribution in [0.3, 0.4) is 0 Å². The number of imidazole rings is 1. The summed E-state index contributed by atoms with van der Waals surface area (Å²) >= 11 is 3.23. The molecule has 1 atom stereocenters. The molecule has 106 valence electrons. The third kappa shape index (κ3) is 2.33. The van der Waals surface area contributed by atoms with Gasteiger partial charge in [-0.2, -0.15) is 4.98 Å². The maximum Gasteiger partial charge on any atom is 0.297 e. The van der Waals surface area contributed by atoms with Crippen LogP contribution in [0.15, 0.2) is 41.3 Å². The molecule has 1 aliphatic rings. The molecule has 6 nitrogen and oxygen atoms in total. The Morgan fingerprint density at radius 1 is 1.29 bits per heavy atom. The zero-order valence-electron chi connectivity index (χ0n) is 10.9. The normalized spacial score (nSPS) is 16.7. The molecule has 3 heterocycles. The van der Waals surface area contributed by atoms with E-state index in [1.54, 1.807) is 12.4 Å². The Morgan fingerprint density at radius 2 is 2.19 bits per heavy atom. The topological polar surface area (TPSA) is 62.1 Å². The van der Waals surface area contributed by atoms with Crippen molar-refractivity contribution in [3.63, 3.8) is 0 Å². The Kier molecular flexibility index (Phi) is 2.99. The zero-order valence-corrected chi connectivity index (χ0v) is 12.5. The molecule has 0 bridgehead atoms. The number of fused-ring (bicyclic) bond motifs is 3. The van der Waals surface area contributed by atoms with Crippen LogP contribution in [0.1, 0.15) is 0 Å². The van der Waals surface area contributed by atoms with Gasteiger partial charge in [0.15, 0.2) is 6.10 Å². The molecule has 0 amide bonds. The molecule has 0 N–H and O–H groups in total. The van der Waals surface area contributed by atoms with Crippen LogP contribution in [0.5, 0.6) is 11.9 Å². The standard InChI is InChI=1S/C14H11BrN4O2/c15-12-5-17-13(6-16-12)20-8-9-7-19-11-4-2-1-3-10(11)18-14(19)21-9/h1-6,9H,7-8H2/t9-/m0/s1. The van der Waals surface area contributed by atoms with E-state index in [0.717, 1.165) is 17.6 Å². The maximum absolute atomic E-state index is 5.81. The predicted molar refractivity (Wildman–Crippen MR) is 79.4 cm³/mol. The van der Waals surface area contributed by atoms with Gasteiger partial charge in [-0.15, -0.1) is 0 Å². The van der Waals surface area contributed by atoms with Crippen LogP contribution in [0, 0.1) is 0 Å². The fourth-order valence-corrected chi connectivity index (χ4v) is 2.55. The molecule has 0 saturated heterocycles. The van der Waals surface area contributed by atoms with E-state index in [9.17, 15) is 0 Å². The van der Waals surface area contributed by atoms with Crippen LogP contribution >= 0.6 is 15.9 Å². The second-order valence-corrected chi connectivity index (χ2v) is 5.53. The van der Waals surface area contributed by atoms with Gasteiger partial charge >= 0.3 is 0 Å². The van der Waals surface area contributed by atoms with Crippen molar-refractivity contribution >= 4 is 27.0 Å². The first kappa shape index (κ1) is 12.6. The molecule has 21 heavy (non-hydrogen) atoms. The fraction of sp³-hybridized carbons (Fsp3) is 0.214. The van der Waals surface area contributed by atoms with Gasteiger partial charge in [-0.3, -0.25) is 4.57 Å². The van der Waals surface area contributed by atoms with E-state index in [1.807, 2.05) is 24.3 Å². The minimum Gasteiger partial charge on any atom is -0.473 e. The average molecular weight is 347 g/mol. The van der Waals surface area contributed by atoms with Gasteiger partial charge in [0.25, 0.3) is 6.01 Å². The molecular weight excluding hydrogens is 336 g/mol. The van der Waals surface area contributed by atoms with Crippen molar-refractivity contribution in [3.05, 3.63) is 41.3 Å². The average Bonchev–Trinajstić information content (AvgIpc) is 3.04. The third-order valence-electron chi connectivity index (χ3n) is 3.29. The minimum atomic E-state index is -0.0671.